The summed E-state index contributed by atoms with van der Waals surface area (Å²) in [6, 6.07) is 18.8. The van der Waals surface area contributed by atoms with Crippen LogP contribution in [-0.2, 0) is 16.2 Å². The highest BCUT2D eigenvalue weighted by atomic mass is 79.9. The van der Waals surface area contributed by atoms with Gasteiger partial charge in [-0.25, -0.2) is 9.69 Å². The Morgan fingerprint density at radius 2 is 1.76 bits per heavy atom. The summed E-state index contributed by atoms with van der Waals surface area (Å²) in [6.07, 6.45) is 1.40. The maximum Gasteiger partial charge on any atom is 0.335 e. The molecule has 0 saturated carbocycles. The van der Waals surface area contributed by atoms with Gasteiger partial charge in [0.05, 0.1) is 10.7 Å². The second-order valence-electron chi connectivity index (χ2n) is 7.31. The highest BCUT2D eigenvalue weighted by Crippen LogP contribution is 2.29. The molecule has 166 valence electrons. The zero-order valence-corrected chi connectivity index (χ0v) is 19.8. The molecule has 1 aliphatic heterocycles. The van der Waals surface area contributed by atoms with Gasteiger partial charge in [-0.05, 0) is 48.4 Å². The van der Waals surface area contributed by atoms with E-state index in [-0.39, 0.29) is 5.57 Å². The van der Waals surface area contributed by atoms with Crippen molar-refractivity contribution in [3.8, 4) is 5.75 Å². The molecule has 3 aromatic carbocycles. The van der Waals surface area contributed by atoms with Crippen LogP contribution in [-0.4, -0.2) is 17.8 Å². The highest BCUT2D eigenvalue weighted by Gasteiger charge is 2.37. The van der Waals surface area contributed by atoms with Crippen LogP contribution in [0.3, 0.4) is 0 Å². The standard InChI is InChI=1S/C25H18BrClN2O4/c1-15-6-2-5-9-21(15)29-24(31)18(23(30)28-25(29)32)12-16-10-11-22(20(27)13-16)33-14-17-7-3-4-8-19(17)26/h2-13H,14H2,1H3,(H,28,30,32)/b18-12+. The van der Waals surface area contributed by atoms with Gasteiger partial charge in [-0.3, -0.25) is 14.9 Å². The number of hydrogen-bond acceptors (Lipinski definition) is 4. The third kappa shape index (κ3) is 4.84. The molecular formula is C25H18BrClN2O4. The molecule has 8 heteroatoms. The Kier molecular flexibility index (Phi) is 6.62. The Bertz CT molecular complexity index is 1310. The Morgan fingerprint density at radius 1 is 1.03 bits per heavy atom. The normalized spacial score (nSPS) is 15.1. The number of carbonyl (C=O) groups is 3. The van der Waals surface area contributed by atoms with Crippen LogP contribution in [0, 0.1) is 6.92 Å². The molecule has 0 spiro atoms. The van der Waals surface area contributed by atoms with E-state index in [4.69, 9.17) is 16.3 Å². The number of carbonyl (C=O) groups excluding carboxylic acids is 3. The maximum absolute atomic E-state index is 13.1. The van der Waals surface area contributed by atoms with Crippen LogP contribution < -0.4 is 15.0 Å². The van der Waals surface area contributed by atoms with Crippen molar-refractivity contribution in [2.24, 2.45) is 0 Å². The van der Waals surface area contributed by atoms with Gasteiger partial charge in [0, 0.05) is 10.0 Å². The van der Waals surface area contributed by atoms with Crippen molar-refractivity contribution < 1.29 is 19.1 Å². The number of barbiturate groups is 1. The number of urea groups is 1. The number of amides is 4. The average molecular weight is 526 g/mol. The quantitative estimate of drug-likeness (QED) is 0.345. The zero-order valence-electron chi connectivity index (χ0n) is 17.5. The minimum Gasteiger partial charge on any atom is -0.487 e. The number of ether oxygens (including phenoxy) is 1. The largest absolute Gasteiger partial charge is 0.487 e. The first-order valence-electron chi connectivity index (χ1n) is 9.98. The van der Waals surface area contributed by atoms with Crippen molar-refractivity contribution in [3.63, 3.8) is 0 Å². The van der Waals surface area contributed by atoms with E-state index in [2.05, 4.69) is 21.2 Å². The van der Waals surface area contributed by atoms with E-state index in [0.717, 1.165) is 20.5 Å². The minimum atomic E-state index is -0.787. The second kappa shape index (κ2) is 9.60. The van der Waals surface area contributed by atoms with E-state index in [9.17, 15) is 14.4 Å². The van der Waals surface area contributed by atoms with Crippen molar-refractivity contribution in [3.05, 3.63) is 98.5 Å². The molecular weight excluding hydrogens is 508 g/mol. The van der Waals surface area contributed by atoms with Gasteiger partial charge >= 0.3 is 6.03 Å². The Balaban J connectivity index is 1.58. The topological polar surface area (TPSA) is 75.7 Å². The zero-order chi connectivity index (χ0) is 23.5. The predicted molar refractivity (Wildman–Crippen MR) is 130 cm³/mol. The lowest BCUT2D eigenvalue weighted by Crippen LogP contribution is -2.54. The van der Waals surface area contributed by atoms with Crippen LogP contribution in [0.15, 0.2) is 76.8 Å². The van der Waals surface area contributed by atoms with E-state index in [0.29, 0.717) is 28.6 Å². The van der Waals surface area contributed by atoms with Gasteiger partial charge in [-0.1, -0.05) is 70.0 Å². The first kappa shape index (κ1) is 22.8. The molecule has 1 fully saturated rings. The van der Waals surface area contributed by atoms with Crippen LogP contribution in [0.25, 0.3) is 6.08 Å². The average Bonchev–Trinajstić information content (AvgIpc) is 2.78. The summed E-state index contributed by atoms with van der Waals surface area (Å²) in [5.74, 6) is -1.01. The monoisotopic (exact) mass is 524 g/mol. The lowest BCUT2D eigenvalue weighted by molar-refractivity contribution is -0.122. The first-order chi connectivity index (χ1) is 15.8. The number of para-hydroxylation sites is 1. The van der Waals surface area contributed by atoms with Crippen molar-refractivity contribution in [2.45, 2.75) is 13.5 Å². The fourth-order valence-corrected chi connectivity index (χ4v) is 3.99. The molecule has 0 radical (unpaired) electrons. The summed E-state index contributed by atoms with van der Waals surface area (Å²) in [6.45, 7) is 2.10. The second-order valence-corrected chi connectivity index (χ2v) is 8.58. The summed E-state index contributed by atoms with van der Waals surface area (Å²) < 4.78 is 6.74. The fraction of sp³-hybridized carbons (Fsp3) is 0.0800. The maximum atomic E-state index is 13.1. The summed E-state index contributed by atoms with van der Waals surface area (Å²) in [5.41, 5.74) is 2.45. The Morgan fingerprint density at radius 3 is 2.48 bits per heavy atom. The van der Waals surface area contributed by atoms with E-state index >= 15 is 0 Å². The van der Waals surface area contributed by atoms with E-state index < -0.39 is 17.8 Å². The van der Waals surface area contributed by atoms with E-state index in [1.54, 1.807) is 49.4 Å². The molecule has 1 aliphatic rings. The molecule has 1 heterocycles. The summed E-state index contributed by atoms with van der Waals surface area (Å²) in [4.78, 5) is 38.8. The van der Waals surface area contributed by atoms with Crippen molar-refractivity contribution in [2.75, 3.05) is 4.90 Å². The number of halogens is 2. The van der Waals surface area contributed by atoms with Gasteiger partial charge in [-0.2, -0.15) is 0 Å². The number of nitrogens with one attached hydrogen (secondary N) is 1. The van der Waals surface area contributed by atoms with E-state index in [1.165, 1.54) is 6.08 Å². The third-order valence-electron chi connectivity index (χ3n) is 5.07. The first-order valence-corrected chi connectivity index (χ1v) is 11.1. The molecule has 0 bridgehead atoms. The van der Waals surface area contributed by atoms with Gasteiger partial charge in [0.1, 0.15) is 17.9 Å². The van der Waals surface area contributed by atoms with Crippen LogP contribution in [0.4, 0.5) is 10.5 Å². The van der Waals surface area contributed by atoms with Gasteiger partial charge < -0.3 is 4.74 Å². The van der Waals surface area contributed by atoms with Crippen LogP contribution >= 0.6 is 27.5 Å². The van der Waals surface area contributed by atoms with Crippen molar-refractivity contribution in [1.82, 2.24) is 5.32 Å². The molecule has 4 amide bonds. The van der Waals surface area contributed by atoms with Crippen LogP contribution in [0.5, 0.6) is 5.75 Å². The third-order valence-corrected chi connectivity index (χ3v) is 6.13. The highest BCUT2D eigenvalue weighted by molar-refractivity contribution is 9.10. The van der Waals surface area contributed by atoms with Gasteiger partial charge in [0.15, 0.2) is 0 Å². The fourth-order valence-electron chi connectivity index (χ4n) is 3.35. The number of hydrogen-bond donors (Lipinski definition) is 1. The smallest absolute Gasteiger partial charge is 0.335 e. The number of benzene rings is 3. The van der Waals surface area contributed by atoms with Crippen molar-refractivity contribution >= 4 is 57.1 Å². The molecule has 0 aromatic heterocycles. The number of nitrogens with zero attached hydrogens (tertiary/aromatic N) is 1. The minimum absolute atomic E-state index is 0.171. The molecule has 0 atom stereocenters. The van der Waals surface area contributed by atoms with E-state index in [1.807, 2.05) is 24.3 Å². The molecule has 1 saturated heterocycles. The van der Waals surface area contributed by atoms with Crippen LogP contribution in [0.1, 0.15) is 16.7 Å². The van der Waals surface area contributed by atoms with Gasteiger partial charge in [0.25, 0.3) is 11.8 Å². The SMILES string of the molecule is Cc1ccccc1N1C(=O)NC(=O)/C(=C\c2ccc(OCc3ccccc3Br)c(Cl)c2)C1=O. The molecule has 3 aromatic rings. The summed E-state index contributed by atoms with van der Waals surface area (Å²) in [5, 5.41) is 2.55. The number of anilines is 1. The Hall–Kier alpha value is -3.42. The van der Waals surface area contributed by atoms with Crippen LogP contribution in [0.2, 0.25) is 5.02 Å². The number of rotatable bonds is 5. The molecule has 1 N–H and O–H groups in total. The van der Waals surface area contributed by atoms with Gasteiger partial charge in [-0.15, -0.1) is 0 Å². The molecule has 0 aliphatic carbocycles. The summed E-state index contributed by atoms with van der Waals surface area (Å²) in [7, 11) is 0. The lowest BCUT2D eigenvalue weighted by Gasteiger charge is -2.27. The van der Waals surface area contributed by atoms with Crippen molar-refractivity contribution in [1.29, 1.82) is 0 Å². The summed E-state index contributed by atoms with van der Waals surface area (Å²) >= 11 is 9.86. The molecule has 0 unspecified atom stereocenters. The number of aryl methyl sites for hydroxylation is 1. The predicted octanol–water partition coefficient (Wildman–Crippen LogP) is 5.66. The lowest BCUT2D eigenvalue weighted by atomic mass is 10.1. The molecule has 33 heavy (non-hydrogen) atoms. The molecule has 6 nitrogen and oxygen atoms in total. The van der Waals surface area contributed by atoms with Gasteiger partial charge in [0.2, 0.25) is 0 Å². The molecule has 4 rings (SSSR count). The Labute approximate surface area is 203 Å². The number of imide groups is 2.